The summed E-state index contributed by atoms with van der Waals surface area (Å²) in [5.41, 5.74) is -1.09. The molecule has 0 heterocycles. The van der Waals surface area contributed by atoms with Crippen molar-refractivity contribution in [1.82, 2.24) is 4.90 Å². The second-order valence-electron chi connectivity index (χ2n) is 6.99. The van der Waals surface area contributed by atoms with Crippen LogP contribution < -0.4 is 0 Å². The monoisotopic (exact) mass is 341 g/mol. The number of rotatable bonds is 12. The van der Waals surface area contributed by atoms with E-state index in [1.807, 2.05) is 34.6 Å². The number of Topliss-reactive ketones (excluding diaryl/α,β-unsaturated/α-hetero) is 1. The molecule has 0 bridgehead atoms. The van der Waals surface area contributed by atoms with E-state index in [4.69, 9.17) is 9.47 Å². The van der Waals surface area contributed by atoms with Crippen LogP contribution in [0.4, 0.5) is 0 Å². The predicted octanol–water partition coefficient (Wildman–Crippen LogP) is 2.16. The second kappa shape index (κ2) is 10.4. The molecule has 0 radical (unpaired) electrons. The highest BCUT2D eigenvalue weighted by molar-refractivity contribution is 5.90. The number of ether oxygens (including phenoxy) is 2. The Balaban J connectivity index is 4.38. The smallest absolute Gasteiger partial charge is 0.246 e. The Morgan fingerprint density at radius 1 is 1.08 bits per heavy atom. The van der Waals surface area contributed by atoms with Crippen LogP contribution in [0.1, 0.15) is 47.5 Å². The van der Waals surface area contributed by atoms with E-state index in [2.05, 4.69) is 0 Å². The summed E-state index contributed by atoms with van der Waals surface area (Å²) in [4.78, 5) is 34.8. The number of ketones is 1. The fourth-order valence-corrected chi connectivity index (χ4v) is 1.97. The van der Waals surface area contributed by atoms with E-state index in [1.54, 1.807) is 7.05 Å². The van der Waals surface area contributed by atoms with Gasteiger partial charge in [0.2, 0.25) is 5.91 Å². The summed E-state index contributed by atoms with van der Waals surface area (Å²) in [6.07, 6.45) is 3.88. The molecule has 0 N–H and O–H groups in total. The van der Waals surface area contributed by atoms with Gasteiger partial charge >= 0.3 is 0 Å². The fourth-order valence-electron chi connectivity index (χ4n) is 1.97. The zero-order valence-corrected chi connectivity index (χ0v) is 15.8. The van der Waals surface area contributed by atoms with Gasteiger partial charge in [-0.05, 0) is 33.8 Å². The molecule has 0 aromatic rings. The van der Waals surface area contributed by atoms with Crippen molar-refractivity contribution in [1.29, 1.82) is 0 Å². The Hall–Kier alpha value is -1.53. The fraction of sp³-hybridized carbons (Fsp3) is 0.722. The average molecular weight is 341 g/mol. The molecular formula is C18H31NO5. The first-order chi connectivity index (χ1) is 11.0. The molecule has 0 aliphatic carbocycles. The van der Waals surface area contributed by atoms with E-state index in [0.29, 0.717) is 38.9 Å². The molecule has 6 heteroatoms. The van der Waals surface area contributed by atoms with E-state index in [-0.39, 0.29) is 11.7 Å². The number of carbonyl (C=O) groups is 3. The molecule has 0 aromatic heterocycles. The largest absolute Gasteiger partial charge is 0.373 e. The van der Waals surface area contributed by atoms with Crippen LogP contribution in [0.3, 0.4) is 0 Å². The Morgan fingerprint density at radius 3 is 2.25 bits per heavy atom. The lowest BCUT2D eigenvalue weighted by atomic mass is 10.1. The molecular weight excluding hydrogens is 310 g/mol. The Labute approximate surface area is 145 Å². The van der Waals surface area contributed by atoms with Gasteiger partial charge in [-0.3, -0.25) is 14.4 Å². The van der Waals surface area contributed by atoms with Gasteiger partial charge in [-0.25, -0.2) is 0 Å². The first-order valence-electron chi connectivity index (χ1n) is 8.19. The molecule has 1 amide bonds. The standard InChI is InChI=1S/C18H31NO5/c1-7-15(21)10-12-23-18(4,5)14-24-17(2,3)13-19(6)16(22)9-8-11-20/h8-9,11H,7,10,12-14H2,1-6H3/b9-8-. The maximum absolute atomic E-state index is 11.8. The van der Waals surface area contributed by atoms with Gasteiger partial charge < -0.3 is 14.4 Å². The minimum absolute atomic E-state index is 0.176. The number of nitrogens with zero attached hydrogens (tertiary/aromatic N) is 1. The summed E-state index contributed by atoms with van der Waals surface area (Å²) in [6, 6.07) is 0. The van der Waals surface area contributed by atoms with Gasteiger partial charge in [0.05, 0.1) is 24.4 Å². The van der Waals surface area contributed by atoms with Gasteiger partial charge in [0, 0.05) is 32.5 Å². The molecule has 0 atom stereocenters. The summed E-state index contributed by atoms with van der Waals surface area (Å²) >= 11 is 0. The third-order valence-corrected chi connectivity index (χ3v) is 3.39. The van der Waals surface area contributed by atoms with E-state index in [0.717, 1.165) is 0 Å². The van der Waals surface area contributed by atoms with Crippen molar-refractivity contribution in [3.8, 4) is 0 Å². The molecule has 0 spiro atoms. The van der Waals surface area contributed by atoms with Crippen LogP contribution in [0, 0.1) is 0 Å². The van der Waals surface area contributed by atoms with Crippen LogP contribution in [0.15, 0.2) is 12.2 Å². The number of hydrogen-bond donors (Lipinski definition) is 0. The zero-order valence-electron chi connectivity index (χ0n) is 15.8. The van der Waals surface area contributed by atoms with Gasteiger partial charge in [0.1, 0.15) is 12.1 Å². The van der Waals surface area contributed by atoms with Crippen molar-refractivity contribution in [3.05, 3.63) is 12.2 Å². The average Bonchev–Trinajstić information content (AvgIpc) is 2.50. The normalized spacial score (nSPS) is 12.4. The lowest BCUT2D eigenvalue weighted by Gasteiger charge is -2.34. The van der Waals surface area contributed by atoms with Crippen molar-refractivity contribution in [3.63, 3.8) is 0 Å². The summed E-state index contributed by atoms with van der Waals surface area (Å²) in [6.45, 7) is 10.5. The molecule has 0 unspecified atom stereocenters. The summed E-state index contributed by atoms with van der Waals surface area (Å²) in [5.74, 6) is -0.0806. The minimum atomic E-state index is -0.570. The second-order valence-corrected chi connectivity index (χ2v) is 6.99. The number of allylic oxidation sites excluding steroid dienone is 1. The van der Waals surface area contributed by atoms with E-state index >= 15 is 0 Å². The molecule has 0 saturated heterocycles. The van der Waals surface area contributed by atoms with Gasteiger partial charge in [0.15, 0.2) is 0 Å². The number of amides is 1. The quantitative estimate of drug-likeness (QED) is 0.402. The third kappa shape index (κ3) is 10.3. The van der Waals surface area contributed by atoms with E-state index < -0.39 is 11.2 Å². The highest BCUT2D eigenvalue weighted by Crippen LogP contribution is 2.17. The van der Waals surface area contributed by atoms with Crippen LogP contribution in [-0.2, 0) is 23.9 Å². The topological polar surface area (TPSA) is 72.9 Å². The number of hydrogen-bond acceptors (Lipinski definition) is 5. The van der Waals surface area contributed by atoms with Crippen LogP contribution in [0.25, 0.3) is 0 Å². The number of aldehydes is 1. The molecule has 0 aliphatic heterocycles. The molecule has 6 nitrogen and oxygen atoms in total. The number of carbonyl (C=O) groups excluding carboxylic acids is 3. The lowest BCUT2D eigenvalue weighted by Crippen LogP contribution is -2.44. The molecule has 0 aromatic carbocycles. The Morgan fingerprint density at radius 2 is 1.71 bits per heavy atom. The van der Waals surface area contributed by atoms with Gasteiger partial charge in [-0.1, -0.05) is 6.92 Å². The summed E-state index contributed by atoms with van der Waals surface area (Å²) in [5, 5.41) is 0. The summed E-state index contributed by atoms with van der Waals surface area (Å²) < 4.78 is 11.6. The molecule has 0 fully saturated rings. The maximum atomic E-state index is 11.8. The highest BCUT2D eigenvalue weighted by Gasteiger charge is 2.27. The van der Waals surface area contributed by atoms with Crippen LogP contribution in [0.2, 0.25) is 0 Å². The lowest BCUT2D eigenvalue weighted by molar-refractivity contribution is -0.140. The van der Waals surface area contributed by atoms with Crippen molar-refractivity contribution < 1.29 is 23.9 Å². The van der Waals surface area contributed by atoms with Crippen molar-refractivity contribution in [2.45, 2.75) is 58.7 Å². The van der Waals surface area contributed by atoms with Crippen LogP contribution >= 0.6 is 0 Å². The molecule has 24 heavy (non-hydrogen) atoms. The minimum Gasteiger partial charge on any atom is -0.373 e. The summed E-state index contributed by atoms with van der Waals surface area (Å²) in [7, 11) is 1.65. The molecule has 138 valence electrons. The van der Waals surface area contributed by atoms with Crippen molar-refractivity contribution in [2.75, 3.05) is 26.8 Å². The van der Waals surface area contributed by atoms with Gasteiger partial charge in [-0.2, -0.15) is 0 Å². The van der Waals surface area contributed by atoms with Crippen molar-refractivity contribution in [2.24, 2.45) is 0 Å². The molecule has 0 saturated carbocycles. The third-order valence-electron chi connectivity index (χ3n) is 3.39. The first kappa shape index (κ1) is 22.5. The molecule has 0 aliphatic rings. The van der Waals surface area contributed by atoms with Crippen LogP contribution in [-0.4, -0.2) is 60.9 Å². The maximum Gasteiger partial charge on any atom is 0.246 e. The van der Waals surface area contributed by atoms with E-state index in [9.17, 15) is 14.4 Å². The van der Waals surface area contributed by atoms with Crippen LogP contribution in [0.5, 0.6) is 0 Å². The Bertz CT molecular complexity index is 454. The molecule has 0 rings (SSSR count). The van der Waals surface area contributed by atoms with Gasteiger partial charge in [0.25, 0.3) is 0 Å². The van der Waals surface area contributed by atoms with E-state index in [1.165, 1.54) is 17.1 Å². The zero-order chi connectivity index (χ0) is 18.8. The first-order valence-corrected chi connectivity index (χ1v) is 8.19. The van der Waals surface area contributed by atoms with Crippen molar-refractivity contribution >= 4 is 18.0 Å². The predicted molar refractivity (Wildman–Crippen MR) is 92.8 cm³/mol. The Kier molecular flexibility index (Phi) is 9.70. The SMILES string of the molecule is CCC(=O)CCOC(C)(C)COC(C)(C)CN(C)C(=O)/C=C\C=O. The number of likely N-dealkylation sites (N-methyl/N-ethyl adjacent to an activating group) is 1. The highest BCUT2D eigenvalue weighted by atomic mass is 16.6. The van der Waals surface area contributed by atoms with Gasteiger partial charge in [-0.15, -0.1) is 0 Å².